The standard InChI is InChI=1S/C19H29NO3Si.C17H18N2O2.C15H23NOSi.C13H15NO3.C13H13NO3.C12H11NO3.C9H9NO.C4H6O2/c1-19(2,3)24(5,6)23-14-16-13-15-9-7-8-10-17(15)20(16)12-11-18(21)22-4;1-18-19(2)17(20)21-11-16-14-9-5-3-7-12(14)13-8-4-6-10-15(13)16;1-15(2,3)18(4,5)17-11-13-10-12-8-6-7-9-14(12)16-13;2*1-17-13(16)6-7-14-11(9-15)8-10-4-2-3-5-12(10)14;14-8-10-7-9-3-1-2-4-11(9)13(10)6-5-12(15)16;11-6-8-5-7-3-1-2-4-9(7)10-8;1-3-4(5)6-2/h7-10,13H,11-12,14H2,1-6H3;3-10,16,18H,11H2,1-2H3;6-10,16H,11H2,1-5H3;2-5,8,15H,6-7,9H2,1H3;2-5,8-9H,6-7H2,1H3;1-4,7-8H,5-6H2,(H,15,16);1-5,10-11H,6H2;3H,1H2,2H3. The SMILES string of the molecule is C=CC(=O)OC.CC(C)(C)[Si](C)(C)OCc1cc2ccccc2[nH]1.CNN(C)C(=O)OCC1c2ccccc2-c2ccccc21.COC(=O)CCn1c(C=O)cc2ccccc21.COC(=O)CCn1c(CO)cc2ccccc21.COC(=O)CCn1c(CO[Si](C)(C)C(C)(C)C)cc2ccccc21.O=Cc1cc2ccccc2n1CCC(=O)O.OCc1cc2ccccc2[nH]1. The van der Waals surface area contributed by atoms with Crippen molar-refractivity contribution in [2.75, 3.05) is 49.1 Å². The topological polar surface area (TPSA) is 328 Å². The number of nitrogens with one attached hydrogen (secondary N) is 3. The second-order valence-corrected chi connectivity index (χ2v) is 43.2. The number of aliphatic carboxylic acids is 1. The fraction of sp³-hybridized carbons (Fsp3) is 0.314. The zero-order valence-corrected chi connectivity index (χ0v) is 79.3. The van der Waals surface area contributed by atoms with Crippen molar-refractivity contribution in [1.29, 1.82) is 0 Å². The number of benzene rings is 8. The second-order valence-electron chi connectivity index (χ2n) is 33.6. The summed E-state index contributed by atoms with van der Waals surface area (Å²) < 4.78 is 43.9. The lowest BCUT2D eigenvalue weighted by atomic mass is 9.98. The molecule has 130 heavy (non-hydrogen) atoms. The molecule has 6 heterocycles. The van der Waals surface area contributed by atoms with Crippen LogP contribution in [0.15, 0.2) is 243 Å². The Morgan fingerprint density at radius 1 is 0.454 bits per heavy atom. The van der Waals surface area contributed by atoms with Gasteiger partial charge in [0.2, 0.25) is 0 Å². The van der Waals surface area contributed by atoms with Crippen LogP contribution in [0, 0.1) is 0 Å². The molecule has 0 saturated carbocycles. The van der Waals surface area contributed by atoms with Gasteiger partial charge in [0.15, 0.2) is 29.2 Å². The van der Waals surface area contributed by atoms with Crippen molar-refractivity contribution in [3.05, 3.63) is 288 Å². The number of hydrogen-bond acceptors (Lipinski definition) is 18. The molecule has 14 aromatic rings. The number of esters is 4. The van der Waals surface area contributed by atoms with Gasteiger partial charge in [0.25, 0.3) is 0 Å². The van der Waals surface area contributed by atoms with Crippen molar-refractivity contribution < 1.29 is 86.2 Å². The van der Waals surface area contributed by atoms with Crippen LogP contribution in [-0.2, 0) is 109 Å². The first-order chi connectivity index (χ1) is 62.1. The average molecular weight is 1810 g/mol. The molecule has 0 radical (unpaired) electrons. The molecule has 15 rings (SSSR count). The number of amides is 1. The third-order valence-electron chi connectivity index (χ3n) is 23.2. The number of aromatic nitrogens is 6. The zero-order chi connectivity index (χ0) is 94.9. The van der Waals surface area contributed by atoms with Crippen molar-refractivity contribution >= 4 is 131 Å². The Hall–Kier alpha value is -13.1. The van der Waals surface area contributed by atoms with Crippen molar-refractivity contribution in [3.63, 3.8) is 0 Å². The number of carboxylic acids is 1. The Kier molecular flexibility index (Phi) is 38.5. The lowest BCUT2D eigenvalue weighted by Crippen LogP contribution is -2.40. The molecule has 6 aromatic heterocycles. The minimum Gasteiger partial charge on any atom is -0.481 e. The summed E-state index contributed by atoms with van der Waals surface area (Å²) in [5.41, 5.74) is 19.0. The van der Waals surface area contributed by atoms with Crippen LogP contribution in [0.4, 0.5) is 4.79 Å². The molecule has 6 N–H and O–H groups in total. The van der Waals surface area contributed by atoms with Crippen LogP contribution in [-0.4, -0.2) is 163 Å². The van der Waals surface area contributed by atoms with E-state index in [0.717, 1.165) is 84.9 Å². The van der Waals surface area contributed by atoms with Crippen LogP contribution in [0.1, 0.15) is 128 Å². The van der Waals surface area contributed by atoms with Gasteiger partial charge in [-0.25, -0.2) is 20.0 Å². The Balaban J connectivity index is 0.000000187. The number of ether oxygens (including phenoxy) is 5. The molecule has 0 bridgehead atoms. The number of H-pyrrole nitrogens is 2. The van der Waals surface area contributed by atoms with Gasteiger partial charge in [0.05, 0.1) is 91.9 Å². The summed E-state index contributed by atoms with van der Waals surface area (Å²) in [4.78, 5) is 94.3. The van der Waals surface area contributed by atoms with Gasteiger partial charge in [-0.3, -0.25) is 28.8 Å². The summed E-state index contributed by atoms with van der Waals surface area (Å²) in [6.07, 6.45) is 3.23. The van der Waals surface area contributed by atoms with Gasteiger partial charge in [0.1, 0.15) is 6.61 Å². The number of carbonyl (C=O) groups is 8. The lowest BCUT2D eigenvalue weighted by Gasteiger charge is -2.36. The molecule has 0 saturated heterocycles. The third-order valence-corrected chi connectivity index (χ3v) is 32.1. The number of aryl methyl sites for hydroxylation is 4. The number of fused-ring (bicyclic) bond motifs is 9. The molecule has 1 amide bonds. The number of hydrazine groups is 1. The number of carbonyl (C=O) groups excluding carboxylic acids is 7. The molecule has 0 atom stereocenters. The number of para-hydroxylation sites is 6. The number of nitrogens with zero attached hydrogens (tertiary/aromatic N) is 5. The van der Waals surface area contributed by atoms with E-state index in [0.29, 0.717) is 70.2 Å². The molecule has 0 aliphatic heterocycles. The van der Waals surface area contributed by atoms with E-state index in [4.69, 9.17) is 28.5 Å². The first kappa shape index (κ1) is 102. The van der Waals surface area contributed by atoms with Crippen molar-refractivity contribution in [3.8, 4) is 11.1 Å². The highest BCUT2D eigenvalue weighted by Gasteiger charge is 2.39. The van der Waals surface area contributed by atoms with E-state index in [2.05, 4.69) is 181 Å². The van der Waals surface area contributed by atoms with Gasteiger partial charge in [-0.15, -0.1) is 0 Å². The van der Waals surface area contributed by atoms with Crippen LogP contribution < -0.4 is 5.43 Å². The second kappa shape index (κ2) is 48.9. The maximum Gasteiger partial charge on any atom is 0.423 e. The van der Waals surface area contributed by atoms with E-state index in [-0.39, 0.29) is 66.1 Å². The largest absolute Gasteiger partial charge is 0.481 e. The molecule has 28 heteroatoms. The molecule has 1 aliphatic rings. The predicted molar refractivity (Wildman–Crippen MR) is 517 cm³/mol. The fourth-order valence-electron chi connectivity index (χ4n) is 13.8. The Bertz CT molecular complexity index is 6000. The quantitative estimate of drug-likeness (QED) is 0.00732. The molecule has 688 valence electrons. The van der Waals surface area contributed by atoms with Crippen molar-refractivity contribution in [1.82, 2.24) is 38.7 Å². The minimum absolute atomic E-state index is 0.0134. The zero-order valence-electron chi connectivity index (χ0n) is 77.3. The van der Waals surface area contributed by atoms with E-state index in [9.17, 15) is 43.5 Å². The number of aldehydes is 2. The smallest absolute Gasteiger partial charge is 0.423 e. The summed E-state index contributed by atoms with van der Waals surface area (Å²) in [6.45, 7) is 29.3. The van der Waals surface area contributed by atoms with Gasteiger partial charge >= 0.3 is 35.9 Å². The fourth-order valence-corrected chi connectivity index (χ4v) is 15.7. The van der Waals surface area contributed by atoms with E-state index in [1.807, 2.05) is 161 Å². The highest BCUT2D eigenvalue weighted by molar-refractivity contribution is 6.74. The van der Waals surface area contributed by atoms with Gasteiger partial charge in [0, 0.05) is 119 Å². The normalized spacial score (nSPS) is 11.5. The number of aliphatic hydroxyl groups is 2. The van der Waals surface area contributed by atoms with Gasteiger partial charge in [-0.2, -0.15) is 0 Å². The highest BCUT2D eigenvalue weighted by atomic mass is 28.4. The summed E-state index contributed by atoms with van der Waals surface area (Å²) in [7, 11) is 5.32. The lowest BCUT2D eigenvalue weighted by molar-refractivity contribution is -0.141. The number of methoxy groups -OCH3 is 4. The van der Waals surface area contributed by atoms with E-state index < -0.39 is 28.6 Å². The number of rotatable bonds is 26. The number of aromatic amines is 2. The Labute approximate surface area is 761 Å². The van der Waals surface area contributed by atoms with E-state index >= 15 is 0 Å². The van der Waals surface area contributed by atoms with E-state index in [1.165, 1.54) is 77.7 Å². The Morgan fingerprint density at radius 3 is 1.18 bits per heavy atom. The predicted octanol–water partition coefficient (Wildman–Crippen LogP) is 20.1. The monoisotopic (exact) mass is 1800 g/mol. The number of hydrogen-bond donors (Lipinski definition) is 6. The van der Waals surface area contributed by atoms with E-state index in [1.54, 1.807) is 24.7 Å². The molecule has 0 spiro atoms. The molecule has 8 aromatic carbocycles. The van der Waals surface area contributed by atoms with Crippen LogP contribution in [0.2, 0.25) is 36.3 Å². The van der Waals surface area contributed by atoms with Crippen molar-refractivity contribution in [2.24, 2.45) is 0 Å². The summed E-state index contributed by atoms with van der Waals surface area (Å²) >= 11 is 0. The molecular formula is C102H124N8O18Si2. The van der Waals surface area contributed by atoms with Gasteiger partial charge in [-0.1, -0.05) is 206 Å². The van der Waals surface area contributed by atoms with Crippen LogP contribution >= 0.6 is 0 Å². The molecule has 0 unspecified atom stereocenters. The van der Waals surface area contributed by atoms with Gasteiger partial charge < -0.3 is 76.1 Å². The minimum atomic E-state index is -1.82. The highest BCUT2D eigenvalue weighted by Crippen LogP contribution is 2.45. The maximum atomic E-state index is 11.8. The molecular weight excluding hydrogens is 1680 g/mol. The van der Waals surface area contributed by atoms with Crippen LogP contribution in [0.25, 0.3) is 76.5 Å². The van der Waals surface area contributed by atoms with Crippen LogP contribution in [0.3, 0.4) is 0 Å². The van der Waals surface area contributed by atoms with Gasteiger partial charge in [-0.05, 0) is 153 Å². The molecule has 1 aliphatic carbocycles. The van der Waals surface area contributed by atoms with Crippen LogP contribution in [0.5, 0.6) is 0 Å². The van der Waals surface area contributed by atoms with Crippen molar-refractivity contribution in [2.45, 2.75) is 162 Å². The maximum absolute atomic E-state index is 11.8. The first-order valence-corrected chi connectivity index (χ1v) is 48.7. The Morgan fingerprint density at radius 2 is 0.808 bits per heavy atom. The summed E-state index contributed by atoms with van der Waals surface area (Å²) in [5, 5.41) is 35.1. The number of aliphatic hydroxyl groups excluding tert-OH is 2. The summed E-state index contributed by atoms with van der Waals surface area (Å²) in [6, 6.07) is 76.1. The third kappa shape index (κ3) is 28.2. The molecule has 26 nitrogen and oxygen atoms in total. The number of carboxylic acid groups (broad SMARTS) is 1. The first-order valence-electron chi connectivity index (χ1n) is 42.8. The molecule has 0 fully saturated rings. The average Bonchev–Trinajstić information content (AvgIpc) is 1.61. The summed E-state index contributed by atoms with van der Waals surface area (Å²) in [5.74, 6) is -1.87.